The number of aryl methyl sites for hydroxylation is 1. The lowest BCUT2D eigenvalue weighted by molar-refractivity contribution is -0.141. The third-order valence-corrected chi connectivity index (χ3v) is 4.02. The Morgan fingerprint density at radius 2 is 1.86 bits per heavy atom. The van der Waals surface area contributed by atoms with Crippen LogP contribution >= 0.6 is 11.6 Å². The van der Waals surface area contributed by atoms with Crippen LogP contribution in [0.4, 0.5) is 13.2 Å². The molecule has 1 aliphatic rings. The number of nitrogens with one attached hydrogen (secondary N) is 1. The number of amides is 1. The molecule has 4 nitrogen and oxygen atoms in total. The summed E-state index contributed by atoms with van der Waals surface area (Å²) in [5.74, 6) is -0.600. The van der Waals surface area contributed by atoms with Gasteiger partial charge in [0.2, 0.25) is 0 Å². The minimum atomic E-state index is -4.67. The van der Waals surface area contributed by atoms with Gasteiger partial charge in [-0.1, -0.05) is 37.3 Å². The Hall–Kier alpha value is -1.24. The van der Waals surface area contributed by atoms with Crippen molar-refractivity contribution in [2.75, 3.05) is 0 Å². The van der Waals surface area contributed by atoms with Crippen LogP contribution in [0.2, 0.25) is 5.02 Å². The van der Waals surface area contributed by atoms with Crippen molar-refractivity contribution in [1.82, 2.24) is 15.1 Å². The maximum atomic E-state index is 12.7. The second kappa shape index (κ2) is 6.25. The Labute approximate surface area is 125 Å². The summed E-state index contributed by atoms with van der Waals surface area (Å²) in [6.45, 7) is 0. The first-order valence-electron chi connectivity index (χ1n) is 6.91. The van der Waals surface area contributed by atoms with Gasteiger partial charge in [-0.3, -0.25) is 9.48 Å². The van der Waals surface area contributed by atoms with Gasteiger partial charge in [-0.05, 0) is 12.8 Å². The zero-order chi connectivity index (χ0) is 15.6. The second-order valence-corrected chi connectivity index (χ2v) is 5.67. The normalized spacial score (nSPS) is 17.6. The lowest BCUT2D eigenvalue weighted by Gasteiger charge is -2.16. The molecule has 1 aliphatic carbocycles. The number of aromatic nitrogens is 2. The summed E-state index contributed by atoms with van der Waals surface area (Å²) >= 11 is 5.69. The fourth-order valence-corrected chi connectivity index (χ4v) is 2.96. The van der Waals surface area contributed by atoms with Crippen molar-refractivity contribution >= 4 is 17.5 Å². The first kappa shape index (κ1) is 16.1. The van der Waals surface area contributed by atoms with E-state index in [0.29, 0.717) is 0 Å². The average molecular weight is 324 g/mol. The van der Waals surface area contributed by atoms with Crippen LogP contribution < -0.4 is 5.32 Å². The van der Waals surface area contributed by atoms with E-state index in [2.05, 4.69) is 10.4 Å². The number of rotatable bonds is 2. The fourth-order valence-electron chi connectivity index (χ4n) is 2.60. The van der Waals surface area contributed by atoms with Crippen molar-refractivity contribution < 1.29 is 18.0 Å². The predicted molar refractivity (Wildman–Crippen MR) is 72.2 cm³/mol. The molecule has 118 valence electrons. The molecule has 0 aliphatic heterocycles. The number of carbonyl (C=O) groups is 1. The van der Waals surface area contributed by atoms with Crippen LogP contribution in [0.15, 0.2) is 0 Å². The Morgan fingerprint density at radius 1 is 1.29 bits per heavy atom. The van der Waals surface area contributed by atoms with Crippen LogP contribution in [-0.4, -0.2) is 21.7 Å². The summed E-state index contributed by atoms with van der Waals surface area (Å²) < 4.78 is 39.1. The molecule has 0 saturated heterocycles. The van der Waals surface area contributed by atoms with Crippen molar-refractivity contribution in [1.29, 1.82) is 0 Å². The largest absolute Gasteiger partial charge is 0.436 e. The summed E-state index contributed by atoms with van der Waals surface area (Å²) in [7, 11) is 1.28. The average Bonchev–Trinajstić information content (AvgIpc) is 2.56. The first-order chi connectivity index (χ1) is 9.80. The van der Waals surface area contributed by atoms with E-state index in [-0.39, 0.29) is 11.7 Å². The lowest BCUT2D eigenvalue weighted by atomic mass is 10.1. The molecule has 1 aromatic heterocycles. The molecular weight excluding hydrogens is 307 g/mol. The SMILES string of the molecule is Cn1nc(C(F)(F)F)c(Cl)c1C(=O)NC1CCCCCC1. The van der Waals surface area contributed by atoms with Gasteiger partial charge in [-0.15, -0.1) is 0 Å². The molecule has 1 aromatic rings. The van der Waals surface area contributed by atoms with Crippen LogP contribution in [0.3, 0.4) is 0 Å². The van der Waals surface area contributed by atoms with Crippen molar-refractivity contribution in [3.63, 3.8) is 0 Å². The summed E-state index contributed by atoms with van der Waals surface area (Å²) in [4.78, 5) is 12.2. The molecule has 0 aromatic carbocycles. The highest BCUT2D eigenvalue weighted by Crippen LogP contribution is 2.35. The molecule has 0 spiro atoms. The molecule has 1 heterocycles. The van der Waals surface area contributed by atoms with E-state index in [0.717, 1.165) is 43.2 Å². The minimum absolute atomic E-state index is 0.0136. The van der Waals surface area contributed by atoms with E-state index in [1.807, 2.05) is 0 Å². The molecule has 0 atom stereocenters. The van der Waals surface area contributed by atoms with Gasteiger partial charge in [0, 0.05) is 13.1 Å². The Bertz CT molecular complexity index is 519. The third kappa shape index (κ3) is 3.70. The van der Waals surface area contributed by atoms with E-state index >= 15 is 0 Å². The zero-order valence-corrected chi connectivity index (χ0v) is 12.4. The highest BCUT2D eigenvalue weighted by molar-refractivity contribution is 6.34. The molecule has 21 heavy (non-hydrogen) atoms. The number of hydrogen-bond donors (Lipinski definition) is 1. The quantitative estimate of drug-likeness (QED) is 0.846. The van der Waals surface area contributed by atoms with E-state index < -0.39 is 22.8 Å². The molecule has 1 fully saturated rings. The number of halogens is 4. The summed E-state index contributed by atoms with van der Waals surface area (Å²) in [6.07, 6.45) is 1.28. The van der Waals surface area contributed by atoms with Crippen molar-refractivity contribution in [2.45, 2.75) is 50.7 Å². The standard InChI is InChI=1S/C13H17ClF3N3O/c1-20-10(9(14)11(19-20)13(15,16)17)12(21)18-8-6-4-2-3-5-7-8/h8H,2-7H2,1H3,(H,18,21). The molecule has 0 bridgehead atoms. The smallest absolute Gasteiger partial charge is 0.348 e. The van der Waals surface area contributed by atoms with E-state index in [1.165, 1.54) is 7.05 Å². The molecular formula is C13H17ClF3N3O. The zero-order valence-electron chi connectivity index (χ0n) is 11.6. The van der Waals surface area contributed by atoms with E-state index in [9.17, 15) is 18.0 Å². The van der Waals surface area contributed by atoms with Gasteiger partial charge in [-0.2, -0.15) is 18.3 Å². The molecule has 8 heteroatoms. The van der Waals surface area contributed by atoms with Crippen LogP contribution in [0.25, 0.3) is 0 Å². The molecule has 0 unspecified atom stereocenters. The third-order valence-electron chi connectivity index (χ3n) is 3.66. The number of nitrogens with zero attached hydrogens (tertiary/aromatic N) is 2. The Kier molecular flexibility index (Phi) is 4.81. The van der Waals surface area contributed by atoms with Crippen LogP contribution in [-0.2, 0) is 13.2 Å². The van der Waals surface area contributed by atoms with Gasteiger partial charge in [-0.25, -0.2) is 0 Å². The monoisotopic (exact) mass is 323 g/mol. The van der Waals surface area contributed by atoms with Crippen molar-refractivity contribution in [3.05, 3.63) is 16.4 Å². The van der Waals surface area contributed by atoms with Gasteiger partial charge >= 0.3 is 6.18 Å². The molecule has 1 amide bonds. The minimum Gasteiger partial charge on any atom is -0.348 e. The highest BCUT2D eigenvalue weighted by Gasteiger charge is 2.39. The molecule has 1 N–H and O–H groups in total. The van der Waals surface area contributed by atoms with Crippen molar-refractivity contribution in [3.8, 4) is 0 Å². The lowest BCUT2D eigenvalue weighted by Crippen LogP contribution is -2.35. The fraction of sp³-hybridized carbons (Fsp3) is 0.692. The number of carbonyl (C=O) groups excluding carboxylic acids is 1. The molecule has 2 rings (SSSR count). The van der Waals surface area contributed by atoms with Crippen molar-refractivity contribution in [2.24, 2.45) is 7.05 Å². The maximum absolute atomic E-state index is 12.7. The number of hydrogen-bond acceptors (Lipinski definition) is 2. The van der Waals surface area contributed by atoms with Gasteiger partial charge in [0.15, 0.2) is 5.69 Å². The summed E-state index contributed by atoms with van der Waals surface area (Å²) in [5.41, 5.74) is -1.47. The van der Waals surface area contributed by atoms with Crippen LogP contribution in [0.1, 0.15) is 54.7 Å². The molecule has 0 radical (unpaired) electrons. The topological polar surface area (TPSA) is 46.9 Å². The van der Waals surface area contributed by atoms with Crippen LogP contribution in [0, 0.1) is 0 Å². The van der Waals surface area contributed by atoms with Gasteiger partial charge in [0.1, 0.15) is 10.7 Å². The van der Waals surface area contributed by atoms with Gasteiger partial charge in [0.25, 0.3) is 5.91 Å². The summed E-state index contributed by atoms with van der Waals surface area (Å²) in [5, 5.41) is 5.44. The highest BCUT2D eigenvalue weighted by atomic mass is 35.5. The maximum Gasteiger partial charge on any atom is 0.436 e. The Balaban J connectivity index is 2.17. The van der Waals surface area contributed by atoms with E-state index in [1.54, 1.807) is 0 Å². The Morgan fingerprint density at radius 3 is 2.33 bits per heavy atom. The van der Waals surface area contributed by atoms with Crippen LogP contribution in [0.5, 0.6) is 0 Å². The van der Waals surface area contributed by atoms with E-state index in [4.69, 9.17) is 11.6 Å². The molecule has 1 saturated carbocycles. The summed E-state index contributed by atoms with van der Waals surface area (Å²) in [6, 6.07) is -0.0136. The number of alkyl halides is 3. The first-order valence-corrected chi connectivity index (χ1v) is 7.29. The predicted octanol–water partition coefficient (Wildman–Crippen LogP) is 3.54. The van der Waals surface area contributed by atoms with Gasteiger partial charge in [0.05, 0.1) is 0 Å². The second-order valence-electron chi connectivity index (χ2n) is 5.29. The van der Waals surface area contributed by atoms with Gasteiger partial charge < -0.3 is 5.32 Å².